The Morgan fingerprint density at radius 3 is 2.54 bits per heavy atom. The number of carbonyl (C=O) groups is 3. The van der Waals surface area contributed by atoms with E-state index < -0.39 is 12.1 Å². The maximum Gasteiger partial charge on any atom is 0.247 e. The highest BCUT2D eigenvalue weighted by Crippen LogP contribution is 2.26. The van der Waals surface area contributed by atoms with E-state index in [9.17, 15) is 14.4 Å². The molecule has 0 aliphatic carbocycles. The average Bonchev–Trinajstić information content (AvgIpc) is 3.12. The fourth-order valence-electron chi connectivity index (χ4n) is 2.97. The van der Waals surface area contributed by atoms with Gasteiger partial charge < -0.3 is 26.0 Å². The SMILES string of the molecule is CC(C)C(NC=O)C(=O)N1CCCC1C(=O)Nc1ccc(Br)cc1N.COC. The van der Waals surface area contributed by atoms with E-state index in [0.717, 1.165) is 10.9 Å². The van der Waals surface area contributed by atoms with Crippen LogP contribution in [-0.2, 0) is 19.1 Å². The van der Waals surface area contributed by atoms with Crippen LogP contribution in [0, 0.1) is 5.92 Å². The molecule has 2 atom stereocenters. The number of nitrogens with zero attached hydrogens (tertiary/aromatic N) is 1. The standard InChI is InChI=1S/C17H23BrN4O3.C2H6O/c1-10(2)15(20-9-23)17(25)22-7-3-4-14(22)16(24)21-13-6-5-11(18)8-12(13)19;1-3-2/h5-6,8-10,14-15H,3-4,7,19H2,1-2H3,(H,20,23)(H,21,24);1-2H3. The van der Waals surface area contributed by atoms with Crippen LogP contribution in [-0.4, -0.2) is 56.0 Å². The zero-order chi connectivity index (χ0) is 21.3. The van der Waals surface area contributed by atoms with E-state index in [1.165, 1.54) is 0 Å². The summed E-state index contributed by atoms with van der Waals surface area (Å²) in [6.07, 6.45) is 1.85. The van der Waals surface area contributed by atoms with Gasteiger partial charge in [-0.05, 0) is 37.0 Å². The third kappa shape index (κ3) is 6.49. The number of hydrogen-bond acceptors (Lipinski definition) is 5. The summed E-state index contributed by atoms with van der Waals surface area (Å²) in [6, 6.07) is 4.00. The molecule has 28 heavy (non-hydrogen) atoms. The van der Waals surface area contributed by atoms with E-state index >= 15 is 0 Å². The summed E-state index contributed by atoms with van der Waals surface area (Å²) in [4.78, 5) is 37.7. The van der Waals surface area contributed by atoms with Crippen LogP contribution in [0.4, 0.5) is 11.4 Å². The largest absolute Gasteiger partial charge is 0.397 e. The highest BCUT2D eigenvalue weighted by atomic mass is 79.9. The van der Waals surface area contributed by atoms with Gasteiger partial charge in [0.05, 0.1) is 11.4 Å². The van der Waals surface area contributed by atoms with Crippen LogP contribution in [0.25, 0.3) is 0 Å². The van der Waals surface area contributed by atoms with Gasteiger partial charge in [0.1, 0.15) is 12.1 Å². The van der Waals surface area contributed by atoms with E-state index in [2.05, 4.69) is 31.3 Å². The quantitative estimate of drug-likeness (QED) is 0.447. The minimum absolute atomic E-state index is 0.0656. The molecule has 1 fully saturated rings. The molecule has 1 aromatic rings. The first-order chi connectivity index (χ1) is 13.3. The summed E-state index contributed by atoms with van der Waals surface area (Å²) < 4.78 is 5.07. The second kappa shape index (κ2) is 11.7. The van der Waals surface area contributed by atoms with Gasteiger partial charge in [-0.1, -0.05) is 29.8 Å². The predicted molar refractivity (Wildman–Crippen MR) is 113 cm³/mol. The normalized spacial score (nSPS) is 16.8. The second-order valence-corrected chi connectivity index (χ2v) is 7.74. The number of rotatable bonds is 6. The molecule has 9 heteroatoms. The highest BCUT2D eigenvalue weighted by Gasteiger charge is 2.38. The summed E-state index contributed by atoms with van der Waals surface area (Å²) in [5.74, 6) is -0.568. The van der Waals surface area contributed by atoms with Gasteiger partial charge in [0.25, 0.3) is 0 Å². The van der Waals surface area contributed by atoms with Crippen molar-refractivity contribution in [2.75, 3.05) is 31.8 Å². The Kier molecular flexibility index (Phi) is 9.95. The Labute approximate surface area is 174 Å². The monoisotopic (exact) mass is 456 g/mol. The van der Waals surface area contributed by atoms with Gasteiger partial charge in [-0.3, -0.25) is 14.4 Å². The molecular formula is C19H29BrN4O4. The van der Waals surface area contributed by atoms with E-state index in [-0.39, 0.29) is 17.7 Å². The minimum Gasteiger partial charge on any atom is -0.397 e. The molecule has 1 heterocycles. The van der Waals surface area contributed by atoms with Crippen LogP contribution in [0.3, 0.4) is 0 Å². The molecule has 2 unspecified atom stereocenters. The number of nitrogen functional groups attached to an aromatic ring is 1. The van der Waals surface area contributed by atoms with Gasteiger partial charge in [-0.15, -0.1) is 0 Å². The van der Waals surface area contributed by atoms with Crippen molar-refractivity contribution in [3.63, 3.8) is 0 Å². The molecule has 1 aliphatic rings. The van der Waals surface area contributed by atoms with Gasteiger partial charge in [-0.2, -0.15) is 0 Å². The Morgan fingerprint density at radius 1 is 1.36 bits per heavy atom. The molecule has 0 spiro atoms. The molecule has 1 saturated heterocycles. The van der Waals surface area contributed by atoms with E-state index in [1.54, 1.807) is 37.3 Å². The molecular weight excluding hydrogens is 428 g/mol. The molecule has 3 amide bonds. The van der Waals surface area contributed by atoms with Crippen molar-refractivity contribution in [2.24, 2.45) is 5.92 Å². The number of benzene rings is 1. The van der Waals surface area contributed by atoms with Gasteiger partial charge in [0.15, 0.2) is 0 Å². The van der Waals surface area contributed by atoms with Crippen LogP contribution in [0.5, 0.6) is 0 Å². The van der Waals surface area contributed by atoms with Crippen LogP contribution >= 0.6 is 15.9 Å². The summed E-state index contributed by atoms with van der Waals surface area (Å²) >= 11 is 3.32. The van der Waals surface area contributed by atoms with Crippen molar-refractivity contribution in [3.05, 3.63) is 22.7 Å². The van der Waals surface area contributed by atoms with Gasteiger partial charge in [0.2, 0.25) is 18.2 Å². The number of ether oxygens (including phenoxy) is 1. The summed E-state index contributed by atoms with van der Waals surface area (Å²) in [5.41, 5.74) is 6.87. The molecule has 1 aromatic carbocycles. The summed E-state index contributed by atoms with van der Waals surface area (Å²) in [6.45, 7) is 4.20. The fraction of sp³-hybridized carbons (Fsp3) is 0.526. The van der Waals surface area contributed by atoms with Crippen molar-refractivity contribution in [3.8, 4) is 0 Å². The Hall–Kier alpha value is -2.13. The summed E-state index contributed by atoms with van der Waals surface area (Å²) in [5, 5.41) is 5.35. The third-order valence-electron chi connectivity index (χ3n) is 4.29. The number of hydrogen-bond donors (Lipinski definition) is 3. The van der Waals surface area contributed by atoms with Crippen molar-refractivity contribution in [1.82, 2.24) is 10.2 Å². The van der Waals surface area contributed by atoms with Crippen LogP contribution in [0.2, 0.25) is 0 Å². The van der Waals surface area contributed by atoms with E-state index in [4.69, 9.17) is 5.73 Å². The van der Waals surface area contributed by atoms with Gasteiger partial charge >= 0.3 is 0 Å². The maximum atomic E-state index is 12.7. The van der Waals surface area contributed by atoms with Crippen LogP contribution in [0.1, 0.15) is 26.7 Å². The van der Waals surface area contributed by atoms with Gasteiger partial charge in [0, 0.05) is 25.2 Å². The molecule has 0 saturated carbocycles. The minimum atomic E-state index is -0.636. The molecule has 8 nitrogen and oxygen atoms in total. The number of anilines is 2. The van der Waals surface area contributed by atoms with Crippen LogP contribution < -0.4 is 16.4 Å². The first-order valence-corrected chi connectivity index (χ1v) is 9.82. The van der Waals surface area contributed by atoms with Crippen molar-refractivity contribution >= 4 is 45.5 Å². The topological polar surface area (TPSA) is 114 Å². The number of halogens is 1. The molecule has 0 radical (unpaired) electrons. The van der Waals surface area contributed by atoms with Crippen molar-refractivity contribution < 1.29 is 19.1 Å². The lowest BCUT2D eigenvalue weighted by Gasteiger charge is -2.29. The summed E-state index contributed by atoms with van der Waals surface area (Å²) in [7, 11) is 3.25. The number of amides is 3. The first-order valence-electron chi connectivity index (χ1n) is 9.03. The Bertz CT molecular complexity index is 684. The molecule has 0 bridgehead atoms. The average molecular weight is 457 g/mol. The van der Waals surface area contributed by atoms with Crippen molar-refractivity contribution in [2.45, 2.75) is 38.8 Å². The van der Waals surface area contributed by atoms with E-state index in [1.807, 2.05) is 13.8 Å². The lowest BCUT2D eigenvalue weighted by Crippen LogP contribution is -2.53. The Morgan fingerprint density at radius 2 is 2.00 bits per heavy atom. The molecule has 4 N–H and O–H groups in total. The number of nitrogens with one attached hydrogen (secondary N) is 2. The fourth-order valence-corrected chi connectivity index (χ4v) is 3.35. The van der Waals surface area contributed by atoms with E-state index in [0.29, 0.717) is 30.8 Å². The molecule has 1 aliphatic heterocycles. The molecule has 0 aromatic heterocycles. The number of likely N-dealkylation sites (tertiary alicyclic amines) is 1. The van der Waals surface area contributed by atoms with Crippen LogP contribution in [0.15, 0.2) is 22.7 Å². The first kappa shape index (κ1) is 23.9. The number of carbonyl (C=O) groups excluding carboxylic acids is 3. The second-order valence-electron chi connectivity index (χ2n) is 6.82. The highest BCUT2D eigenvalue weighted by molar-refractivity contribution is 9.10. The van der Waals surface area contributed by atoms with Crippen molar-refractivity contribution in [1.29, 1.82) is 0 Å². The third-order valence-corrected chi connectivity index (χ3v) is 4.78. The molecule has 156 valence electrons. The number of methoxy groups -OCH3 is 1. The smallest absolute Gasteiger partial charge is 0.247 e. The predicted octanol–water partition coefficient (Wildman–Crippen LogP) is 1.99. The Balaban J connectivity index is 0.00000122. The lowest BCUT2D eigenvalue weighted by molar-refractivity contribution is -0.140. The zero-order valence-electron chi connectivity index (χ0n) is 16.7. The number of nitrogens with two attached hydrogens (primary N) is 1. The zero-order valence-corrected chi connectivity index (χ0v) is 18.3. The lowest BCUT2D eigenvalue weighted by atomic mass is 10.0. The maximum absolute atomic E-state index is 12.7. The molecule has 2 rings (SSSR count). The van der Waals surface area contributed by atoms with Gasteiger partial charge in [-0.25, -0.2) is 0 Å².